The first-order valence-electron chi connectivity index (χ1n) is 3.95. The van der Waals surface area contributed by atoms with Crippen LogP contribution in [0.2, 0.25) is 0 Å². The van der Waals surface area contributed by atoms with Gasteiger partial charge in [0, 0.05) is 13.0 Å². The Morgan fingerprint density at radius 1 is 1.54 bits per heavy atom. The zero-order chi connectivity index (χ0) is 9.52. The fourth-order valence-corrected chi connectivity index (χ4v) is 0.785. The second-order valence-electron chi connectivity index (χ2n) is 2.40. The number of hydrogen-bond donors (Lipinski definition) is 2. The van der Waals surface area contributed by atoms with Gasteiger partial charge in [-0.2, -0.15) is 4.98 Å². The van der Waals surface area contributed by atoms with E-state index < -0.39 is 0 Å². The molecule has 3 N–H and O–H groups in total. The predicted molar refractivity (Wildman–Crippen MR) is 50.8 cm³/mol. The number of nitrogens with two attached hydrogens (primary N) is 1. The van der Waals surface area contributed by atoms with Gasteiger partial charge in [-0.05, 0) is 6.42 Å². The zero-order valence-corrected chi connectivity index (χ0v) is 7.20. The van der Waals surface area contributed by atoms with Crippen molar-refractivity contribution >= 4 is 11.9 Å². The Kier molecular flexibility index (Phi) is 3.51. The Hall–Kier alpha value is -1.83. The van der Waals surface area contributed by atoms with Crippen molar-refractivity contribution in [3.63, 3.8) is 0 Å². The molecule has 0 aliphatic rings. The molecule has 0 saturated heterocycles. The first-order valence-corrected chi connectivity index (χ1v) is 3.95. The average molecular weight is 177 g/mol. The number of terminal acetylenes is 1. The summed E-state index contributed by atoms with van der Waals surface area (Å²) in [6.45, 7) is 0.744. The summed E-state index contributed by atoms with van der Waals surface area (Å²) in [6.07, 6.45) is 8.09. The topological polar surface area (TPSA) is 76.7 Å². The lowest BCUT2D eigenvalue weighted by molar-refractivity contribution is 0.888. The van der Waals surface area contributed by atoms with Gasteiger partial charge in [0.05, 0.1) is 0 Å². The molecule has 0 aliphatic heterocycles. The van der Waals surface area contributed by atoms with Crippen LogP contribution in [0.15, 0.2) is 6.33 Å². The number of rotatable bonds is 4. The third kappa shape index (κ3) is 3.38. The number of nitrogens with one attached hydrogen (secondary N) is 1. The molecule has 0 saturated carbocycles. The highest BCUT2D eigenvalue weighted by Gasteiger charge is 1.94. The number of anilines is 2. The van der Waals surface area contributed by atoms with Crippen LogP contribution < -0.4 is 11.1 Å². The van der Waals surface area contributed by atoms with Crippen LogP contribution in [0.3, 0.4) is 0 Å². The Morgan fingerprint density at radius 3 is 3.08 bits per heavy atom. The van der Waals surface area contributed by atoms with E-state index in [1.165, 1.54) is 6.33 Å². The summed E-state index contributed by atoms with van der Waals surface area (Å²) >= 11 is 0. The molecule has 68 valence electrons. The molecule has 1 rings (SSSR count). The van der Waals surface area contributed by atoms with Crippen LogP contribution in [0.5, 0.6) is 0 Å². The summed E-state index contributed by atoms with van der Waals surface area (Å²) in [5.74, 6) is 3.25. The van der Waals surface area contributed by atoms with Gasteiger partial charge in [0.15, 0.2) is 0 Å². The van der Waals surface area contributed by atoms with Crippen molar-refractivity contribution in [2.24, 2.45) is 0 Å². The zero-order valence-electron chi connectivity index (χ0n) is 7.20. The molecular formula is C8H11N5. The van der Waals surface area contributed by atoms with E-state index in [0.29, 0.717) is 5.95 Å². The van der Waals surface area contributed by atoms with Crippen LogP contribution in [0.25, 0.3) is 0 Å². The number of unbranched alkanes of at least 4 members (excludes halogenated alkanes) is 1. The fraction of sp³-hybridized carbons (Fsp3) is 0.375. The second-order valence-corrected chi connectivity index (χ2v) is 2.40. The maximum absolute atomic E-state index is 5.35. The van der Waals surface area contributed by atoms with Crippen LogP contribution in [0.1, 0.15) is 12.8 Å². The molecule has 13 heavy (non-hydrogen) atoms. The minimum absolute atomic E-state index is 0.217. The molecule has 0 spiro atoms. The third-order valence-electron chi connectivity index (χ3n) is 1.37. The van der Waals surface area contributed by atoms with Gasteiger partial charge in [0.25, 0.3) is 0 Å². The normalized spacial score (nSPS) is 9.15. The molecule has 0 amide bonds. The van der Waals surface area contributed by atoms with Crippen molar-refractivity contribution in [2.45, 2.75) is 12.8 Å². The first kappa shape index (κ1) is 9.26. The van der Waals surface area contributed by atoms with E-state index >= 15 is 0 Å². The largest absolute Gasteiger partial charge is 0.368 e. The van der Waals surface area contributed by atoms with Crippen LogP contribution in [0.4, 0.5) is 11.9 Å². The first-order chi connectivity index (χ1) is 6.33. The summed E-state index contributed by atoms with van der Waals surface area (Å²) < 4.78 is 0. The molecule has 1 aromatic rings. The number of nitrogen functional groups attached to an aromatic ring is 1. The predicted octanol–water partition coefficient (Wildman–Crippen LogP) is 0.279. The molecule has 0 atom stereocenters. The molecule has 5 heteroatoms. The maximum Gasteiger partial charge on any atom is 0.227 e. The molecule has 5 nitrogen and oxygen atoms in total. The highest BCUT2D eigenvalue weighted by molar-refractivity contribution is 5.28. The fourth-order valence-electron chi connectivity index (χ4n) is 0.785. The summed E-state index contributed by atoms with van der Waals surface area (Å²) in [4.78, 5) is 11.4. The number of aromatic nitrogens is 3. The van der Waals surface area contributed by atoms with Crippen molar-refractivity contribution < 1.29 is 0 Å². The number of hydrogen-bond acceptors (Lipinski definition) is 5. The highest BCUT2D eigenvalue weighted by Crippen LogP contribution is 1.97. The van der Waals surface area contributed by atoms with Crippen molar-refractivity contribution in [3.8, 4) is 12.3 Å². The molecule has 0 unspecified atom stereocenters. The van der Waals surface area contributed by atoms with Gasteiger partial charge < -0.3 is 11.1 Å². The van der Waals surface area contributed by atoms with Gasteiger partial charge in [0.2, 0.25) is 11.9 Å². The second kappa shape index (κ2) is 4.93. The average Bonchev–Trinajstić information content (AvgIpc) is 2.13. The van der Waals surface area contributed by atoms with Crippen LogP contribution in [0, 0.1) is 12.3 Å². The van der Waals surface area contributed by atoms with E-state index in [1.54, 1.807) is 0 Å². The van der Waals surface area contributed by atoms with Crippen LogP contribution in [-0.4, -0.2) is 21.5 Å². The van der Waals surface area contributed by atoms with Gasteiger partial charge in [-0.15, -0.1) is 12.3 Å². The molecule has 0 aromatic carbocycles. The number of nitrogens with zero attached hydrogens (tertiary/aromatic N) is 3. The van der Waals surface area contributed by atoms with E-state index in [2.05, 4.69) is 26.2 Å². The highest BCUT2D eigenvalue weighted by atomic mass is 15.2. The molecule has 0 bridgehead atoms. The van der Waals surface area contributed by atoms with E-state index in [0.717, 1.165) is 19.4 Å². The van der Waals surface area contributed by atoms with Crippen molar-refractivity contribution in [1.82, 2.24) is 15.0 Å². The lowest BCUT2D eigenvalue weighted by Crippen LogP contribution is -2.07. The summed E-state index contributed by atoms with van der Waals surface area (Å²) in [5.41, 5.74) is 5.35. The van der Waals surface area contributed by atoms with Gasteiger partial charge >= 0.3 is 0 Å². The van der Waals surface area contributed by atoms with Gasteiger partial charge in [-0.1, -0.05) is 0 Å². The van der Waals surface area contributed by atoms with Gasteiger partial charge in [-0.3, -0.25) is 0 Å². The van der Waals surface area contributed by atoms with Crippen molar-refractivity contribution in [2.75, 3.05) is 17.6 Å². The summed E-state index contributed by atoms with van der Waals surface area (Å²) in [6, 6.07) is 0. The molecule has 1 heterocycles. The Balaban J connectivity index is 2.33. The summed E-state index contributed by atoms with van der Waals surface area (Å²) in [7, 11) is 0. The SMILES string of the molecule is C#CCCCNc1ncnc(N)n1. The van der Waals surface area contributed by atoms with Gasteiger partial charge in [-0.25, -0.2) is 9.97 Å². The minimum atomic E-state index is 0.217. The minimum Gasteiger partial charge on any atom is -0.368 e. The van der Waals surface area contributed by atoms with E-state index in [-0.39, 0.29) is 5.95 Å². The quantitative estimate of drug-likeness (QED) is 0.510. The van der Waals surface area contributed by atoms with E-state index in [4.69, 9.17) is 12.2 Å². The Labute approximate surface area is 76.8 Å². The van der Waals surface area contributed by atoms with Crippen LogP contribution >= 0.6 is 0 Å². The van der Waals surface area contributed by atoms with Crippen molar-refractivity contribution in [1.29, 1.82) is 0 Å². The van der Waals surface area contributed by atoms with Crippen LogP contribution in [-0.2, 0) is 0 Å². The lowest BCUT2D eigenvalue weighted by atomic mass is 10.3. The molecular weight excluding hydrogens is 166 g/mol. The lowest BCUT2D eigenvalue weighted by Gasteiger charge is -2.01. The Bertz CT molecular complexity index is 304. The monoisotopic (exact) mass is 177 g/mol. The molecule has 0 aliphatic carbocycles. The smallest absolute Gasteiger partial charge is 0.227 e. The molecule has 1 aromatic heterocycles. The van der Waals surface area contributed by atoms with E-state index in [1.807, 2.05) is 0 Å². The molecule has 0 fully saturated rings. The van der Waals surface area contributed by atoms with E-state index in [9.17, 15) is 0 Å². The maximum atomic E-state index is 5.35. The van der Waals surface area contributed by atoms with Crippen molar-refractivity contribution in [3.05, 3.63) is 6.33 Å². The Morgan fingerprint density at radius 2 is 2.38 bits per heavy atom. The molecule has 0 radical (unpaired) electrons. The third-order valence-corrected chi connectivity index (χ3v) is 1.37. The summed E-state index contributed by atoms with van der Waals surface area (Å²) in [5, 5.41) is 2.98. The van der Waals surface area contributed by atoms with Gasteiger partial charge in [0.1, 0.15) is 6.33 Å². The standard InChI is InChI=1S/C8H11N5/c1-2-3-4-5-10-8-12-6-11-7(9)13-8/h1,6H,3-5H2,(H3,9,10,11,12,13).